The van der Waals surface area contributed by atoms with Crippen LogP contribution in [0.25, 0.3) is 110 Å². The SMILES string of the molecule is c1cc(-c2ccc3ccc4c5ccccc5ccc4c3c2)cc(-c2nc(-c3ccc4ccccc4c3)nc(-c3cccc4oc5ccccc5c34)n2)c1. The van der Waals surface area contributed by atoms with Crippen LogP contribution < -0.4 is 0 Å². The van der Waals surface area contributed by atoms with Crippen molar-refractivity contribution in [2.45, 2.75) is 0 Å². The summed E-state index contributed by atoms with van der Waals surface area (Å²) in [6.45, 7) is 0. The Morgan fingerprint density at radius 2 is 0.868 bits per heavy atom. The normalized spacial score (nSPS) is 11.8. The minimum atomic E-state index is 0.602. The number of aromatic nitrogens is 3. The van der Waals surface area contributed by atoms with Crippen LogP contribution in [-0.4, -0.2) is 15.0 Å². The van der Waals surface area contributed by atoms with Crippen molar-refractivity contribution in [3.05, 3.63) is 176 Å². The van der Waals surface area contributed by atoms with Crippen molar-refractivity contribution in [3.8, 4) is 45.3 Å². The average Bonchev–Trinajstić information content (AvgIpc) is 3.62. The molecule has 9 aromatic carbocycles. The highest BCUT2D eigenvalue weighted by Crippen LogP contribution is 2.38. The average molecular weight is 676 g/mol. The molecule has 0 N–H and O–H groups in total. The standard InChI is InChI=1S/C49H29N3O/c1-2-11-33-27-37(22-19-30(33)9-1)48-50-47(51-49(52-48)42-16-8-18-45-46(42)41-15-5-6-17-44(41)53-45)36-13-7-12-34(28-36)35-21-20-32-24-25-39-38-14-4-3-10-31(38)23-26-40(39)43(32)29-35/h1-29H. The second-order valence-corrected chi connectivity index (χ2v) is 13.6. The van der Waals surface area contributed by atoms with E-state index >= 15 is 0 Å². The van der Waals surface area contributed by atoms with Crippen molar-refractivity contribution < 1.29 is 4.42 Å². The summed E-state index contributed by atoms with van der Waals surface area (Å²) < 4.78 is 6.26. The molecule has 0 amide bonds. The van der Waals surface area contributed by atoms with Gasteiger partial charge in [0.25, 0.3) is 0 Å². The summed E-state index contributed by atoms with van der Waals surface area (Å²) in [5.74, 6) is 1.84. The molecule has 4 nitrogen and oxygen atoms in total. The predicted molar refractivity (Wildman–Crippen MR) is 219 cm³/mol. The highest BCUT2D eigenvalue weighted by atomic mass is 16.3. The zero-order chi connectivity index (χ0) is 34.9. The summed E-state index contributed by atoms with van der Waals surface area (Å²) in [6.07, 6.45) is 0. The Kier molecular flexibility index (Phi) is 6.52. The van der Waals surface area contributed by atoms with E-state index in [0.717, 1.165) is 55.1 Å². The Hall–Kier alpha value is -7.17. The van der Waals surface area contributed by atoms with Crippen molar-refractivity contribution in [1.82, 2.24) is 15.0 Å². The van der Waals surface area contributed by atoms with Gasteiger partial charge in [-0.25, -0.2) is 15.0 Å². The molecule has 2 heterocycles. The van der Waals surface area contributed by atoms with Crippen molar-refractivity contribution in [2.24, 2.45) is 0 Å². The van der Waals surface area contributed by atoms with Gasteiger partial charge < -0.3 is 4.42 Å². The van der Waals surface area contributed by atoms with E-state index in [2.05, 4.69) is 146 Å². The van der Waals surface area contributed by atoms with E-state index in [4.69, 9.17) is 19.4 Å². The lowest BCUT2D eigenvalue weighted by Crippen LogP contribution is -2.00. The van der Waals surface area contributed by atoms with E-state index in [9.17, 15) is 0 Å². The first-order valence-corrected chi connectivity index (χ1v) is 17.8. The molecule has 0 unspecified atom stereocenters. The molecule has 11 aromatic rings. The molecule has 0 atom stereocenters. The molecular formula is C49H29N3O. The fourth-order valence-corrected chi connectivity index (χ4v) is 7.88. The number of rotatable bonds is 4. The molecule has 53 heavy (non-hydrogen) atoms. The molecule has 0 fully saturated rings. The molecule has 0 spiro atoms. The topological polar surface area (TPSA) is 51.8 Å². The number of furan rings is 1. The van der Waals surface area contributed by atoms with E-state index in [1.165, 1.54) is 37.7 Å². The van der Waals surface area contributed by atoms with Crippen LogP contribution in [0.3, 0.4) is 0 Å². The molecular weight excluding hydrogens is 647 g/mol. The maximum absolute atomic E-state index is 6.26. The van der Waals surface area contributed by atoms with Crippen LogP contribution in [-0.2, 0) is 0 Å². The van der Waals surface area contributed by atoms with E-state index in [-0.39, 0.29) is 0 Å². The zero-order valence-corrected chi connectivity index (χ0v) is 28.5. The van der Waals surface area contributed by atoms with Crippen molar-refractivity contribution >= 4 is 65.0 Å². The number of fused-ring (bicyclic) bond motifs is 9. The molecule has 0 aliphatic carbocycles. The summed E-state index contributed by atoms with van der Waals surface area (Å²) >= 11 is 0. The number of hydrogen-bond acceptors (Lipinski definition) is 4. The molecule has 4 heteroatoms. The Morgan fingerprint density at radius 3 is 1.74 bits per heavy atom. The molecule has 0 saturated heterocycles. The quantitative estimate of drug-likeness (QED) is 0.174. The zero-order valence-electron chi connectivity index (χ0n) is 28.5. The third kappa shape index (κ3) is 4.88. The Morgan fingerprint density at radius 1 is 0.302 bits per heavy atom. The fourth-order valence-electron chi connectivity index (χ4n) is 7.88. The summed E-state index contributed by atoms with van der Waals surface area (Å²) in [7, 11) is 0. The Labute approximate surface area is 304 Å². The minimum Gasteiger partial charge on any atom is -0.456 e. The van der Waals surface area contributed by atoms with Crippen molar-refractivity contribution in [1.29, 1.82) is 0 Å². The van der Waals surface area contributed by atoms with E-state index in [0.29, 0.717) is 17.5 Å². The molecule has 0 bridgehead atoms. The monoisotopic (exact) mass is 675 g/mol. The number of benzene rings is 9. The van der Waals surface area contributed by atoms with Crippen LogP contribution in [0.5, 0.6) is 0 Å². The van der Waals surface area contributed by atoms with E-state index in [1.54, 1.807) is 0 Å². The molecule has 0 radical (unpaired) electrons. The summed E-state index contributed by atoms with van der Waals surface area (Å²) in [4.78, 5) is 15.5. The second kappa shape index (κ2) is 11.7. The van der Waals surface area contributed by atoms with Crippen LogP contribution in [0.1, 0.15) is 0 Å². The summed E-state index contributed by atoms with van der Waals surface area (Å²) in [6, 6.07) is 61.8. The van der Waals surface area contributed by atoms with Crippen molar-refractivity contribution in [3.63, 3.8) is 0 Å². The van der Waals surface area contributed by atoms with Gasteiger partial charge in [-0.15, -0.1) is 0 Å². The van der Waals surface area contributed by atoms with Gasteiger partial charge in [-0.3, -0.25) is 0 Å². The molecule has 2 aromatic heterocycles. The van der Waals surface area contributed by atoms with Crippen LogP contribution in [0.2, 0.25) is 0 Å². The highest BCUT2D eigenvalue weighted by molar-refractivity contribution is 6.18. The Bertz CT molecular complexity index is 3250. The van der Waals surface area contributed by atoms with Gasteiger partial charge in [0.05, 0.1) is 0 Å². The van der Waals surface area contributed by atoms with Crippen LogP contribution in [0.4, 0.5) is 0 Å². The first-order chi connectivity index (χ1) is 26.2. The number of nitrogens with zero attached hydrogens (tertiary/aromatic N) is 3. The highest BCUT2D eigenvalue weighted by Gasteiger charge is 2.18. The van der Waals surface area contributed by atoms with Crippen LogP contribution in [0.15, 0.2) is 180 Å². The first-order valence-electron chi connectivity index (χ1n) is 17.8. The van der Waals surface area contributed by atoms with E-state index < -0.39 is 0 Å². The third-order valence-electron chi connectivity index (χ3n) is 10.5. The lowest BCUT2D eigenvalue weighted by Gasteiger charge is -2.12. The van der Waals surface area contributed by atoms with Gasteiger partial charge in [-0.1, -0.05) is 146 Å². The van der Waals surface area contributed by atoms with E-state index in [1.807, 2.05) is 30.3 Å². The number of hydrogen-bond donors (Lipinski definition) is 0. The van der Waals surface area contributed by atoms with Gasteiger partial charge in [0.15, 0.2) is 17.5 Å². The first kappa shape index (κ1) is 29.5. The van der Waals surface area contributed by atoms with Gasteiger partial charge in [0.1, 0.15) is 11.2 Å². The minimum absolute atomic E-state index is 0.602. The van der Waals surface area contributed by atoms with Gasteiger partial charge in [-0.2, -0.15) is 0 Å². The maximum Gasteiger partial charge on any atom is 0.164 e. The smallest absolute Gasteiger partial charge is 0.164 e. The van der Waals surface area contributed by atoms with Gasteiger partial charge in [0, 0.05) is 27.5 Å². The Balaban J connectivity index is 1.10. The molecule has 0 aliphatic heterocycles. The lowest BCUT2D eigenvalue weighted by atomic mass is 9.94. The van der Waals surface area contributed by atoms with Gasteiger partial charge >= 0.3 is 0 Å². The second-order valence-electron chi connectivity index (χ2n) is 13.6. The molecule has 0 aliphatic rings. The van der Waals surface area contributed by atoms with Gasteiger partial charge in [0.2, 0.25) is 0 Å². The largest absolute Gasteiger partial charge is 0.456 e. The van der Waals surface area contributed by atoms with Crippen LogP contribution in [0, 0.1) is 0 Å². The fraction of sp³-hybridized carbons (Fsp3) is 0. The molecule has 246 valence electrons. The van der Waals surface area contributed by atoms with Crippen molar-refractivity contribution in [2.75, 3.05) is 0 Å². The molecule has 0 saturated carbocycles. The molecule has 11 rings (SSSR count). The summed E-state index contributed by atoms with van der Waals surface area (Å²) in [5, 5.41) is 11.8. The maximum atomic E-state index is 6.26. The third-order valence-corrected chi connectivity index (χ3v) is 10.5. The van der Waals surface area contributed by atoms with Gasteiger partial charge in [-0.05, 0) is 84.5 Å². The van der Waals surface area contributed by atoms with Crippen LogP contribution >= 0.6 is 0 Å². The number of para-hydroxylation sites is 1. The summed E-state index contributed by atoms with van der Waals surface area (Å²) in [5.41, 5.74) is 6.63. The predicted octanol–water partition coefficient (Wildman–Crippen LogP) is 13.1. The lowest BCUT2D eigenvalue weighted by molar-refractivity contribution is 0.669.